The first-order valence-electron chi connectivity index (χ1n) is 8.48. The van der Waals surface area contributed by atoms with Crippen LogP contribution in [-0.2, 0) is 0 Å². The summed E-state index contributed by atoms with van der Waals surface area (Å²) in [7, 11) is 0. The van der Waals surface area contributed by atoms with E-state index in [2.05, 4.69) is 27.3 Å². The number of benzene rings is 1. The van der Waals surface area contributed by atoms with Crippen molar-refractivity contribution in [3.63, 3.8) is 0 Å². The minimum atomic E-state index is 0.583. The van der Waals surface area contributed by atoms with Crippen LogP contribution in [0.4, 0.5) is 5.69 Å². The van der Waals surface area contributed by atoms with Gasteiger partial charge < -0.3 is 5.32 Å². The van der Waals surface area contributed by atoms with Crippen molar-refractivity contribution in [1.82, 2.24) is 0 Å². The Labute approximate surface area is 143 Å². The van der Waals surface area contributed by atoms with Gasteiger partial charge in [0.1, 0.15) is 0 Å². The molecule has 0 bridgehead atoms. The van der Waals surface area contributed by atoms with Gasteiger partial charge >= 0.3 is 0 Å². The maximum absolute atomic E-state index is 6.19. The van der Waals surface area contributed by atoms with Crippen LogP contribution < -0.4 is 5.32 Å². The summed E-state index contributed by atoms with van der Waals surface area (Å²) in [5.41, 5.74) is 1.14. The molecule has 1 N–H and O–H groups in total. The SMILES string of the molecule is Clc1cccc(NC2CCCCCCCCCCC2)c1Br. The first-order chi connectivity index (χ1) is 10.3. The smallest absolute Gasteiger partial charge is 0.0593 e. The summed E-state index contributed by atoms with van der Waals surface area (Å²) in [5.74, 6) is 0. The van der Waals surface area contributed by atoms with Crippen LogP contribution in [0.3, 0.4) is 0 Å². The van der Waals surface area contributed by atoms with Crippen molar-refractivity contribution in [3.05, 3.63) is 27.7 Å². The van der Waals surface area contributed by atoms with E-state index in [0.29, 0.717) is 6.04 Å². The quantitative estimate of drug-likeness (QED) is 0.579. The summed E-state index contributed by atoms with van der Waals surface area (Å²) in [4.78, 5) is 0. The van der Waals surface area contributed by atoms with E-state index in [-0.39, 0.29) is 0 Å². The molecule has 1 aromatic rings. The van der Waals surface area contributed by atoms with Gasteiger partial charge in [-0.05, 0) is 40.9 Å². The zero-order valence-corrected chi connectivity index (χ0v) is 15.2. The molecule has 0 unspecified atom stereocenters. The van der Waals surface area contributed by atoms with Crippen LogP contribution in [0.2, 0.25) is 5.02 Å². The lowest BCUT2D eigenvalue weighted by molar-refractivity contribution is 0.480. The van der Waals surface area contributed by atoms with Gasteiger partial charge in [0.15, 0.2) is 0 Å². The largest absolute Gasteiger partial charge is 0.381 e. The lowest BCUT2D eigenvalue weighted by Gasteiger charge is -2.22. The second-order valence-electron chi connectivity index (χ2n) is 6.20. The van der Waals surface area contributed by atoms with Crippen molar-refractivity contribution in [1.29, 1.82) is 0 Å². The zero-order valence-electron chi connectivity index (χ0n) is 12.8. The van der Waals surface area contributed by atoms with Gasteiger partial charge in [0.25, 0.3) is 0 Å². The Morgan fingerprint density at radius 3 is 1.95 bits per heavy atom. The molecule has 1 saturated carbocycles. The average Bonchev–Trinajstić information content (AvgIpc) is 2.46. The molecule has 1 aromatic carbocycles. The molecular formula is C18H27BrClN. The van der Waals surface area contributed by atoms with Crippen molar-refractivity contribution in [2.24, 2.45) is 0 Å². The monoisotopic (exact) mass is 371 g/mol. The predicted octanol–water partition coefficient (Wildman–Crippen LogP) is 7.19. The molecule has 0 aliphatic heterocycles. The second-order valence-corrected chi connectivity index (χ2v) is 7.40. The summed E-state index contributed by atoms with van der Waals surface area (Å²) in [6, 6.07) is 6.65. The first-order valence-corrected chi connectivity index (χ1v) is 9.65. The highest BCUT2D eigenvalue weighted by Crippen LogP contribution is 2.31. The second kappa shape index (κ2) is 9.74. The Morgan fingerprint density at radius 2 is 1.38 bits per heavy atom. The third-order valence-electron chi connectivity index (χ3n) is 4.42. The van der Waals surface area contributed by atoms with Gasteiger partial charge in [0.05, 0.1) is 15.2 Å². The van der Waals surface area contributed by atoms with Crippen LogP contribution in [0, 0.1) is 0 Å². The fourth-order valence-corrected chi connectivity index (χ4v) is 3.70. The molecule has 0 saturated heterocycles. The highest BCUT2D eigenvalue weighted by atomic mass is 79.9. The van der Waals surface area contributed by atoms with E-state index < -0.39 is 0 Å². The third-order valence-corrected chi connectivity index (χ3v) is 5.81. The van der Waals surface area contributed by atoms with Crippen LogP contribution in [0.1, 0.15) is 70.6 Å². The molecular weight excluding hydrogens is 346 g/mol. The van der Waals surface area contributed by atoms with Crippen LogP contribution in [0.15, 0.2) is 22.7 Å². The molecule has 1 aliphatic carbocycles. The molecule has 21 heavy (non-hydrogen) atoms. The predicted molar refractivity (Wildman–Crippen MR) is 97.3 cm³/mol. The van der Waals surface area contributed by atoms with Gasteiger partial charge in [0.2, 0.25) is 0 Å². The van der Waals surface area contributed by atoms with E-state index in [1.807, 2.05) is 12.1 Å². The van der Waals surface area contributed by atoms with E-state index in [9.17, 15) is 0 Å². The summed E-state index contributed by atoms with van der Waals surface area (Å²) in [6.07, 6.45) is 15.1. The number of nitrogens with one attached hydrogen (secondary N) is 1. The number of hydrogen-bond donors (Lipinski definition) is 1. The molecule has 2 rings (SSSR count). The van der Waals surface area contributed by atoms with Crippen molar-refractivity contribution in [2.45, 2.75) is 76.7 Å². The fourth-order valence-electron chi connectivity index (χ4n) is 3.14. The van der Waals surface area contributed by atoms with Gasteiger partial charge in [0, 0.05) is 6.04 Å². The van der Waals surface area contributed by atoms with Gasteiger partial charge in [-0.25, -0.2) is 0 Å². The van der Waals surface area contributed by atoms with E-state index in [1.165, 1.54) is 70.6 Å². The number of halogens is 2. The molecule has 118 valence electrons. The minimum absolute atomic E-state index is 0.583. The summed E-state index contributed by atoms with van der Waals surface area (Å²) < 4.78 is 0.998. The van der Waals surface area contributed by atoms with Crippen LogP contribution in [0.5, 0.6) is 0 Å². The van der Waals surface area contributed by atoms with Crippen LogP contribution in [-0.4, -0.2) is 6.04 Å². The Morgan fingerprint density at radius 1 is 0.857 bits per heavy atom. The van der Waals surface area contributed by atoms with Gasteiger partial charge in [-0.15, -0.1) is 0 Å². The van der Waals surface area contributed by atoms with Crippen molar-refractivity contribution < 1.29 is 0 Å². The fraction of sp³-hybridized carbons (Fsp3) is 0.667. The topological polar surface area (TPSA) is 12.0 Å². The number of anilines is 1. The molecule has 0 radical (unpaired) electrons. The van der Waals surface area contributed by atoms with E-state index >= 15 is 0 Å². The third kappa shape index (κ3) is 6.20. The van der Waals surface area contributed by atoms with E-state index in [1.54, 1.807) is 0 Å². The molecule has 0 aromatic heterocycles. The normalized spacial score (nSPS) is 19.5. The lowest BCUT2D eigenvalue weighted by Crippen LogP contribution is -2.20. The van der Waals surface area contributed by atoms with Crippen molar-refractivity contribution in [2.75, 3.05) is 5.32 Å². The average molecular weight is 373 g/mol. The van der Waals surface area contributed by atoms with Gasteiger partial charge in [-0.1, -0.05) is 75.5 Å². The maximum Gasteiger partial charge on any atom is 0.0593 e. The summed E-state index contributed by atoms with van der Waals surface area (Å²) >= 11 is 9.79. The van der Waals surface area contributed by atoms with E-state index in [0.717, 1.165) is 15.2 Å². The molecule has 1 aliphatic rings. The van der Waals surface area contributed by atoms with Gasteiger partial charge in [-0.2, -0.15) is 0 Å². The Kier molecular flexibility index (Phi) is 7.95. The molecule has 1 nitrogen and oxygen atoms in total. The van der Waals surface area contributed by atoms with Crippen molar-refractivity contribution in [3.8, 4) is 0 Å². The Balaban J connectivity index is 1.92. The molecule has 0 atom stereocenters. The van der Waals surface area contributed by atoms with Crippen molar-refractivity contribution >= 4 is 33.2 Å². The molecule has 0 amide bonds. The maximum atomic E-state index is 6.19. The Bertz CT molecular complexity index is 410. The lowest BCUT2D eigenvalue weighted by atomic mass is 9.98. The molecule has 0 spiro atoms. The summed E-state index contributed by atoms with van der Waals surface area (Å²) in [5, 5.41) is 4.50. The molecule has 0 heterocycles. The molecule has 1 fully saturated rings. The van der Waals surface area contributed by atoms with E-state index in [4.69, 9.17) is 11.6 Å². The van der Waals surface area contributed by atoms with Gasteiger partial charge in [-0.3, -0.25) is 0 Å². The summed E-state index contributed by atoms with van der Waals surface area (Å²) in [6.45, 7) is 0. The standard InChI is InChI=1S/C18H27BrClN/c19-18-16(20)13-10-14-17(18)21-15-11-8-6-4-2-1-3-5-7-9-12-15/h10,13-15,21H,1-9,11-12H2. The Hall–Kier alpha value is -0.210. The number of hydrogen-bond acceptors (Lipinski definition) is 1. The minimum Gasteiger partial charge on any atom is -0.381 e. The van der Waals surface area contributed by atoms with Crippen LogP contribution >= 0.6 is 27.5 Å². The first kappa shape index (κ1) is 17.1. The number of rotatable bonds is 2. The highest BCUT2D eigenvalue weighted by molar-refractivity contribution is 9.10. The molecule has 3 heteroatoms. The zero-order chi connectivity index (χ0) is 14.9. The highest BCUT2D eigenvalue weighted by Gasteiger charge is 2.12. The van der Waals surface area contributed by atoms with Crippen LogP contribution in [0.25, 0.3) is 0 Å².